The molecule has 0 amide bonds. The van der Waals surface area contributed by atoms with Crippen LogP contribution in [0.4, 0.5) is 0 Å². The second-order valence-electron chi connectivity index (χ2n) is 12.4. The molecule has 0 fully saturated rings. The van der Waals surface area contributed by atoms with E-state index in [0.717, 1.165) is 17.1 Å². The van der Waals surface area contributed by atoms with Gasteiger partial charge in [-0.25, -0.2) is 0 Å². The van der Waals surface area contributed by atoms with Gasteiger partial charge in [0.15, 0.2) is 0 Å². The third-order valence-corrected chi connectivity index (χ3v) is 10.2. The molecule has 0 spiro atoms. The molecule has 0 N–H and O–H groups in total. The smallest absolute Gasteiger partial charge is 0.135 e. The van der Waals surface area contributed by atoms with E-state index in [-0.39, 0.29) is 0 Å². The number of rotatable bonds is 3. The summed E-state index contributed by atoms with van der Waals surface area (Å²) in [6, 6.07) is 62.1. The summed E-state index contributed by atoms with van der Waals surface area (Å²) in [4.78, 5) is 0. The van der Waals surface area contributed by atoms with Crippen molar-refractivity contribution in [3.05, 3.63) is 192 Å². The lowest BCUT2D eigenvalue weighted by Crippen LogP contribution is -2.29. The predicted octanol–water partition coefficient (Wildman–Crippen LogP) is 11.8. The molecule has 1 aliphatic carbocycles. The lowest BCUT2D eigenvalue weighted by atomic mass is 9.66. The van der Waals surface area contributed by atoms with Gasteiger partial charge in [-0.15, -0.1) is 0 Å². The Kier molecular flexibility index (Phi) is 5.27. The second-order valence-corrected chi connectivity index (χ2v) is 12.4. The van der Waals surface area contributed by atoms with Crippen LogP contribution in [-0.2, 0) is 5.41 Å². The normalized spacial score (nSPS) is 15.7. The van der Waals surface area contributed by atoms with E-state index in [9.17, 15) is 0 Å². The molecular weight excluding hydrogens is 556 g/mol. The standard InChI is InChI=1S/C45H28O/c1-2-14-31(15-3-1)45(39-22-10-13-29-12-4-5-16-33(29)39)40-21-8-6-17-34(40)35-25-24-30(28-41(35)45)32-26-27-43-44-37(32)19-11-20-38(44)36-18-7-9-23-42(36)46-43/h1-28H. The Bertz CT molecular complexity index is 2500. The summed E-state index contributed by atoms with van der Waals surface area (Å²) < 4.78 is 6.45. The van der Waals surface area contributed by atoms with Crippen molar-refractivity contribution in [2.24, 2.45) is 0 Å². The van der Waals surface area contributed by atoms with Gasteiger partial charge in [0.2, 0.25) is 0 Å². The Morgan fingerprint density at radius 3 is 1.96 bits per heavy atom. The van der Waals surface area contributed by atoms with Gasteiger partial charge in [-0.2, -0.15) is 0 Å². The van der Waals surface area contributed by atoms with Crippen LogP contribution in [0, 0.1) is 0 Å². The van der Waals surface area contributed by atoms with Crippen molar-refractivity contribution in [2.45, 2.75) is 5.41 Å². The fraction of sp³-hybridized carbons (Fsp3) is 0.0222. The van der Waals surface area contributed by atoms with Gasteiger partial charge in [-0.05, 0) is 84.4 Å². The van der Waals surface area contributed by atoms with Crippen molar-refractivity contribution in [1.29, 1.82) is 0 Å². The summed E-state index contributed by atoms with van der Waals surface area (Å²) in [7, 11) is 0. The molecule has 214 valence electrons. The number of ether oxygens (including phenoxy) is 1. The first kappa shape index (κ1) is 25.4. The first-order valence-corrected chi connectivity index (χ1v) is 15.9. The molecule has 0 aromatic heterocycles. The van der Waals surface area contributed by atoms with Crippen molar-refractivity contribution in [1.82, 2.24) is 0 Å². The summed E-state index contributed by atoms with van der Waals surface area (Å²) in [6.07, 6.45) is 0. The van der Waals surface area contributed by atoms with E-state index in [1.807, 2.05) is 6.07 Å². The predicted molar refractivity (Wildman–Crippen MR) is 190 cm³/mol. The van der Waals surface area contributed by atoms with Gasteiger partial charge in [-0.3, -0.25) is 0 Å². The van der Waals surface area contributed by atoms with Gasteiger partial charge in [-0.1, -0.05) is 152 Å². The van der Waals surface area contributed by atoms with Crippen LogP contribution in [0.25, 0.3) is 54.9 Å². The van der Waals surface area contributed by atoms with Gasteiger partial charge in [0, 0.05) is 10.9 Å². The Balaban J connectivity index is 1.29. The van der Waals surface area contributed by atoms with Gasteiger partial charge in [0.05, 0.1) is 5.41 Å². The first-order valence-electron chi connectivity index (χ1n) is 15.9. The zero-order valence-corrected chi connectivity index (χ0v) is 25.1. The summed E-state index contributed by atoms with van der Waals surface area (Å²) in [5.74, 6) is 1.82. The van der Waals surface area contributed by atoms with E-state index in [4.69, 9.17) is 4.74 Å². The number of hydrogen-bond donors (Lipinski definition) is 0. The Morgan fingerprint density at radius 2 is 1.02 bits per heavy atom. The Morgan fingerprint density at radius 1 is 0.370 bits per heavy atom. The van der Waals surface area contributed by atoms with E-state index in [1.54, 1.807) is 0 Å². The Labute approximate surface area is 268 Å². The average molecular weight is 585 g/mol. The molecule has 1 heteroatoms. The quantitative estimate of drug-likeness (QED) is 0.201. The molecule has 0 bridgehead atoms. The largest absolute Gasteiger partial charge is 0.456 e. The maximum absolute atomic E-state index is 6.45. The molecule has 8 aromatic carbocycles. The summed E-state index contributed by atoms with van der Waals surface area (Å²) >= 11 is 0. The molecule has 1 nitrogen and oxygen atoms in total. The van der Waals surface area contributed by atoms with Crippen LogP contribution in [0.2, 0.25) is 0 Å². The topological polar surface area (TPSA) is 9.23 Å². The monoisotopic (exact) mass is 584 g/mol. The maximum Gasteiger partial charge on any atom is 0.135 e. The van der Waals surface area contributed by atoms with Crippen molar-refractivity contribution in [3.8, 4) is 44.9 Å². The average Bonchev–Trinajstić information content (AvgIpc) is 3.42. The van der Waals surface area contributed by atoms with E-state index in [1.165, 1.54) is 71.6 Å². The minimum Gasteiger partial charge on any atom is -0.456 e. The molecule has 2 aliphatic rings. The molecule has 10 rings (SSSR count). The first-order chi connectivity index (χ1) is 22.8. The minimum atomic E-state index is -0.488. The van der Waals surface area contributed by atoms with E-state index in [0.29, 0.717) is 0 Å². The van der Waals surface area contributed by atoms with E-state index in [2.05, 4.69) is 164 Å². The van der Waals surface area contributed by atoms with Crippen LogP contribution in [0.1, 0.15) is 22.3 Å². The van der Waals surface area contributed by atoms with Crippen LogP contribution < -0.4 is 4.74 Å². The highest BCUT2D eigenvalue weighted by Crippen LogP contribution is 2.58. The SMILES string of the molecule is c1ccc(C2(c3cccc4ccccc34)c3ccccc3-c3ccc(-c4ccc5c6c(cccc46)-c4ccccc4O5)cc32)cc1. The fourth-order valence-corrected chi connectivity index (χ4v) is 8.28. The number of benzene rings is 8. The lowest BCUT2D eigenvalue weighted by molar-refractivity contribution is 0.487. The molecule has 46 heavy (non-hydrogen) atoms. The summed E-state index contributed by atoms with van der Waals surface area (Å²) in [6.45, 7) is 0. The fourth-order valence-electron chi connectivity index (χ4n) is 8.28. The highest BCUT2D eigenvalue weighted by atomic mass is 16.5. The van der Waals surface area contributed by atoms with Crippen molar-refractivity contribution in [3.63, 3.8) is 0 Å². The lowest BCUT2D eigenvalue weighted by Gasteiger charge is -2.35. The highest BCUT2D eigenvalue weighted by molar-refractivity contribution is 6.10. The number of fused-ring (bicyclic) bond motifs is 6. The van der Waals surface area contributed by atoms with Crippen LogP contribution in [0.3, 0.4) is 0 Å². The van der Waals surface area contributed by atoms with Gasteiger partial charge < -0.3 is 4.74 Å². The Hall–Kier alpha value is -5.92. The third kappa shape index (κ3) is 3.35. The highest BCUT2D eigenvalue weighted by Gasteiger charge is 2.47. The molecular formula is C45H28O. The molecule has 1 unspecified atom stereocenters. The van der Waals surface area contributed by atoms with Crippen molar-refractivity contribution in [2.75, 3.05) is 0 Å². The molecule has 1 atom stereocenters. The molecule has 0 radical (unpaired) electrons. The third-order valence-electron chi connectivity index (χ3n) is 10.2. The van der Waals surface area contributed by atoms with E-state index >= 15 is 0 Å². The zero-order valence-electron chi connectivity index (χ0n) is 25.1. The van der Waals surface area contributed by atoms with Crippen LogP contribution in [0.15, 0.2) is 170 Å². The summed E-state index contributed by atoms with van der Waals surface area (Å²) in [5.41, 5.74) is 12.1. The van der Waals surface area contributed by atoms with Crippen LogP contribution >= 0.6 is 0 Å². The maximum atomic E-state index is 6.45. The number of para-hydroxylation sites is 1. The van der Waals surface area contributed by atoms with Crippen molar-refractivity contribution < 1.29 is 4.74 Å². The van der Waals surface area contributed by atoms with Crippen LogP contribution in [0.5, 0.6) is 11.5 Å². The minimum absolute atomic E-state index is 0.488. The zero-order chi connectivity index (χ0) is 30.2. The number of hydrogen-bond acceptors (Lipinski definition) is 1. The summed E-state index contributed by atoms with van der Waals surface area (Å²) in [5, 5.41) is 4.90. The molecule has 8 aromatic rings. The molecule has 0 saturated carbocycles. The molecule has 0 saturated heterocycles. The van der Waals surface area contributed by atoms with Crippen molar-refractivity contribution >= 4 is 21.5 Å². The van der Waals surface area contributed by atoms with Crippen LogP contribution in [-0.4, -0.2) is 0 Å². The van der Waals surface area contributed by atoms with E-state index < -0.39 is 5.41 Å². The van der Waals surface area contributed by atoms with Gasteiger partial charge in [0.25, 0.3) is 0 Å². The van der Waals surface area contributed by atoms with Gasteiger partial charge in [0.1, 0.15) is 11.5 Å². The van der Waals surface area contributed by atoms with Gasteiger partial charge >= 0.3 is 0 Å². The molecule has 1 aliphatic heterocycles. The molecule has 1 heterocycles. The second kappa shape index (κ2) is 9.54.